The molecule has 0 unspecified atom stereocenters. The van der Waals surface area contributed by atoms with Crippen LogP contribution >= 0.6 is 11.8 Å². The van der Waals surface area contributed by atoms with Crippen molar-refractivity contribution in [1.82, 2.24) is 0 Å². The summed E-state index contributed by atoms with van der Waals surface area (Å²) in [6, 6.07) is 7.08. The standard InChI is InChI=1S/C8H9BF3S.K/c1-7-3-2-4-8(5-7)13-6-9(10,11)12;/h2-5H,6H2,1H3;/q-1;+1. The van der Waals surface area contributed by atoms with Crippen LogP contribution in [0.5, 0.6) is 0 Å². The molecule has 14 heavy (non-hydrogen) atoms. The summed E-state index contributed by atoms with van der Waals surface area (Å²) < 4.78 is 35.7. The third-order valence-electron chi connectivity index (χ3n) is 1.43. The summed E-state index contributed by atoms with van der Waals surface area (Å²) in [6.45, 7) is -2.81. The van der Waals surface area contributed by atoms with Gasteiger partial charge in [0.25, 0.3) is 0 Å². The number of hydrogen-bond donors (Lipinski definition) is 0. The Morgan fingerprint density at radius 1 is 1.29 bits per heavy atom. The van der Waals surface area contributed by atoms with Crippen molar-refractivity contribution in [3.8, 4) is 0 Å². The fraction of sp³-hybridized carbons (Fsp3) is 0.250. The molecule has 0 saturated heterocycles. The Morgan fingerprint density at radius 3 is 2.43 bits per heavy atom. The SMILES string of the molecule is Cc1cccc(SC[B-](F)(F)F)c1.[K+]. The first-order valence-corrected chi connectivity index (χ1v) is 4.86. The van der Waals surface area contributed by atoms with Crippen LogP contribution < -0.4 is 51.4 Å². The maximum absolute atomic E-state index is 11.9. The molecule has 0 fully saturated rings. The van der Waals surface area contributed by atoms with E-state index in [0.717, 1.165) is 17.3 Å². The zero-order valence-corrected chi connectivity index (χ0v) is 12.1. The van der Waals surface area contributed by atoms with Crippen LogP contribution in [0.2, 0.25) is 0 Å². The summed E-state index contributed by atoms with van der Waals surface area (Å²) in [6.07, 6.45) is 0. The normalized spacial score (nSPS) is 10.9. The number of thioether (sulfide) groups is 1. The first-order chi connectivity index (χ1) is 5.97. The molecule has 0 N–H and O–H groups in total. The van der Waals surface area contributed by atoms with Crippen LogP contribution in [-0.2, 0) is 0 Å². The summed E-state index contributed by atoms with van der Waals surface area (Å²) in [4.78, 5) is 0.680. The van der Waals surface area contributed by atoms with Crippen LogP contribution in [0.1, 0.15) is 5.56 Å². The third kappa shape index (κ3) is 6.53. The Labute approximate surface area is 129 Å². The molecule has 0 aromatic heterocycles. The van der Waals surface area contributed by atoms with Crippen LogP contribution in [0, 0.1) is 6.92 Å². The van der Waals surface area contributed by atoms with Gasteiger partial charge in [-0.2, -0.15) is 11.8 Å². The van der Waals surface area contributed by atoms with Gasteiger partial charge >= 0.3 is 58.4 Å². The van der Waals surface area contributed by atoms with Crippen molar-refractivity contribution in [3.05, 3.63) is 29.8 Å². The van der Waals surface area contributed by atoms with Crippen molar-refractivity contribution in [3.63, 3.8) is 0 Å². The summed E-state index contributed by atoms with van der Waals surface area (Å²) in [5.41, 5.74) is 0.225. The molecule has 0 amide bonds. The van der Waals surface area contributed by atoms with Crippen LogP contribution in [0.3, 0.4) is 0 Å². The fourth-order valence-electron chi connectivity index (χ4n) is 0.896. The van der Waals surface area contributed by atoms with E-state index >= 15 is 0 Å². The number of halogens is 3. The van der Waals surface area contributed by atoms with Crippen LogP contribution in [0.15, 0.2) is 29.2 Å². The van der Waals surface area contributed by atoms with Gasteiger partial charge in [-0.3, -0.25) is 0 Å². The molecule has 0 radical (unpaired) electrons. The zero-order chi connectivity index (χ0) is 9.90. The van der Waals surface area contributed by atoms with Crippen LogP contribution in [0.25, 0.3) is 0 Å². The van der Waals surface area contributed by atoms with E-state index < -0.39 is 12.6 Å². The van der Waals surface area contributed by atoms with E-state index in [0.29, 0.717) is 4.90 Å². The van der Waals surface area contributed by atoms with E-state index in [1.165, 1.54) is 0 Å². The summed E-state index contributed by atoms with van der Waals surface area (Å²) >= 11 is 0.844. The maximum Gasteiger partial charge on any atom is 1.00 e. The molecule has 0 aliphatic heterocycles. The van der Waals surface area contributed by atoms with Gasteiger partial charge in [-0.15, -0.1) is 0 Å². The maximum atomic E-state index is 11.9. The minimum Gasteiger partial charge on any atom is -0.448 e. The Balaban J connectivity index is 0.00000169. The van der Waals surface area contributed by atoms with Gasteiger partial charge in [-0.1, -0.05) is 17.7 Å². The number of hydrogen-bond acceptors (Lipinski definition) is 1. The molecule has 1 aromatic carbocycles. The van der Waals surface area contributed by atoms with Gasteiger partial charge < -0.3 is 12.9 Å². The summed E-state index contributed by atoms with van der Waals surface area (Å²) in [7, 11) is 0. The second kappa shape index (κ2) is 6.60. The Bertz CT molecular complexity index is 290. The Kier molecular flexibility index (Phi) is 7.10. The molecule has 1 rings (SSSR count). The topological polar surface area (TPSA) is 0 Å². The molecule has 6 heteroatoms. The molecule has 0 saturated carbocycles. The fourth-order valence-corrected chi connectivity index (χ4v) is 1.72. The summed E-state index contributed by atoms with van der Waals surface area (Å²) in [5.74, 6) is 0. The van der Waals surface area contributed by atoms with E-state index in [1.807, 2.05) is 13.0 Å². The molecular formula is C8H9BF3KS. The average Bonchev–Trinajstić information content (AvgIpc) is 2.00. The molecule has 0 atom stereocenters. The van der Waals surface area contributed by atoms with E-state index in [1.54, 1.807) is 18.2 Å². The van der Waals surface area contributed by atoms with Crippen LogP contribution in [-0.4, -0.2) is 12.6 Å². The molecule has 72 valence electrons. The monoisotopic (exact) mass is 244 g/mol. The Hall–Kier alpha value is 1.06. The van der Waals surface area contributed by atoms with Crippen molar-refractivity contribution in [2.45, 2.75) is 11.8 Å². The molecule has 0 heterocycles. The van der Waals surface area contributed by atoms with Crippen molar-refractivity contribution in [2.24, 2.45) is 0 Å². The van der Waals surface area contributed by atoms with Gasteiger partial charge in [0.2, 0.25) is 0 Å². The third-order valence-corrected chi connectivity index (χ3v) is 2.56. The number of aryl methyl sites for hydroxylation is 1. The van der Waals surface area contributed by atoms with Gasteiger partial charge in [0.1, 0.15) is 0 Å². The number of benzene rings is 1. The molecule has 0 spiro atoms. The molecule has 0 aliphatic carbocycles. The van der Waals surface area contributed by atoms with Crippen molar-refractivity contribution < 1.29 is 64.3 Å². The summed E-state index contributed by atoms with van der Waals surface area (Å²) in [5, 5.41) is 0. The molecule has 1 aromatic rings. The largest absolute Gasteiger partial charge is 1.00 e. The minimum absolute atomic E-state index is 0. The second-order valence-corrected chi connectivity index (χ2v) is 3.93. The van der Waals surface area contributed by atoms with Gasteiger partial charge in [0.15, 0.2) is 0 Å². The first-order valence-electron chi connectivity index (χ1n) is 3.88. The quantitative estimate of drug-likeness (QED) is 0.550. The van der Waals surface area contributed by atoms with Crippen molar-refractivity contribution in [2.75, 3.05) is 5.65 Å². The van der Waals surface area contributed by atoms with Crippen LogP contribution in [0.4, 0.5) is 12.9 Å². The van der Waals surface area contributed by atoms with E-state index in [-0.39, 0.29) is 51.4 Å². The Morgan fingerprint density at radius 2 is 1.93 bits per heavy atom. The van der Waals surface area contributed by atoms with Crippen molar-refractivity contribution in [1.29, 1.82) is 0 Å². The van der Waals surface area contributed by atoms with E-state index in [4.69, 9.17) is 0 Å². The van der Waals surface area contributed by atoms with E-state index in [9.17, 15) is 12.9 Å². The molecule has 0 nitrogen and oxygen atoms in total. The van der Waals surface area contributed by atoms with Gasteiger partial charge in [-0.25, -0.2) is 0 Å². The average molecular weight is 244 g/mol. The zero-order valence-electron chi connectivity index (χ0n) is 8.14. The minimum atomic E-state index is -4.68. The first kappa shape index (κ1) is 15.1. The van der Waals surface area contributed by atoms with Gasteiger partial charge in [0.05, 0.1) is 0 Å². The smallest absolute Gasteiger partial charge is 0.448 e. The molecular weight excluding hydrogens is 235 g/mol. The molecule has 0 aliphatic rings. The second-order valence-electron chi connectivity index (χ2n) is 2.84. The van der Waals surface area contributed by atoms with E-state index in [2.05, 4.69) is 0 Å². The van der Waals surface area contributed by atoms with Crippen molar-refractivity contribution >= 4 is 18.7 Å². The predicted octanol–water partition coefficient (Wildman–Crippen LogP) is 0.478. The predicted molar refractivity (Wildman–Crippen MR) is 51.0 cm³/mol. The molecule has 0 bridgehead atoms. The number of rotatable bonds is 3. The van der Waals surface area contributed by atoms with Gasteiger partial charge in [-0.05, 0) is 24.7 Å². The van der Waals surface area contributed by atoms with Gasteiger partial charge in [0, 0.05) is 4.90 Å².